The van der Waals surface area contributed by atoms with Crippen molar-refractivity contribution in [3.05, 3.63) is 57.2 Å². The molecule has 0 aliphatic rings. The number of aliphatic hydroxyl groups excluding tert-OH is 1. The van der Waals surface area contributed by atoms with Crippen molar-refractivity contribution in [1.82, 2.24) is 0 Å². The number of nitrogens with one attached hydrogen (secondary N) is 1. The number of aliphatic hydroxyl groups is 1. The van der Waals surface area contributed by atoms with Crippen molar-refractivity contribution in [1.29, 1.82) is 0 Å². The van der Waals surface area contributed by atoms with Gasteiger partial charge in [-0.1, -0.05) is 18.2 Å². The summed E-state index contributed by atoms with van der Waals surface area (Å²) in [6.45, 7) is 4.81. The van der Waals surface area contributed by atoms with Crippen LogP contribution in [-0.4, -0.2) is 24.4 Å². The van der Waals surface area contributed by atoms with Crippen molar-refractivity contribution in [2.24, 2.45) is 0 Å². The molecule has 1 unspecified atom stereocenters. The Balaban J connectivity index is 1.82. The van der Waals surface area contributed by atoms with Crippen LogP contribution in [0.25, 0.3) is 0 Å². The minimum Gasteiger partial charge on any atom is -0.491 e. The largest absolute Gasteiger partial charge is 0.491 e. The standard InChI is InChI=1S/C17H20INO2/c1-12-7-13(2)9-15(8-12)21-11-14(20)10-19-17-6-4-3-5-16(17)18/h3-9,14,19-20H,10-11H2,1-2H3. The van der Waals surface area contributed by atoms with Crippen LogP contribution in [0.15, 0.2) is 42.5 Å². The van der Waals surface area contributed by atoms with Crippen LogP contribution in [0, 0.1) is 17.4 Å². The number of ether oxygens (including phenoxy) is 1. The van der Waals surface area contributed by atoms with Gasteiger partial charge < -0.3 is 15.2 Å². The second-order valence-electron chi connectivity index (χ2n) is 5.15. The minimum absolute atomic E-state index is 0.277. The van der Waals surface area contributed by atoms with Crippen molar-refractivity contribution in [2.45, 2.75) is 20.0 Å². The number of hydrogen-bond donors (Lipinski definition) is 2. The summed E-state index contributed by atoms with van der Waals surface area (Å²) in [4.78, 5) is 0. The second-order valence-corrected chi connectivity index (χ2v) is 6.31. The van der Waals surface area contributed by atoms with Crippen LogP contribution >= 0.6 is 22.6 Å². The third-order valence-electron chi connectivity index (χ3n) is 3.04. The fourth-order valence-electron chi connectivity index (χ4n) is 2.10. The lowest BCUT2D eigenvalue weighted by molar-refractivity contribution is 0.117. The molecule has 0 amide bonds. The molecule has 0 aromatic heterocycles. The molecule has 0 fully saturated rings. The predicted octanol–water partition coefficient (Wildman–Crippen LogP) is 3.76. The van der Waals surface area contributed by atoms with Gasteiger partial charge in [-0.05, 0) is 71.8 Å². The molecule has 1 atom stereocenters. The van der Waals surface area contributed by atoms with Crippen LogP contribution in [0.4, 0.5) is 5.69 Å². The van der Waals surface area contributed by atoms with Crippen molar-refractivity contribution in [3.8, 4) is 5.75 Å². The monoisotopic (exact) mass is 397 g/mol. The maximum absolute atomic E-state index is 10.0. The van der Waals surface area contributed by atoms with Crippen LogP contribution in [0.1, 0.15) is 11.1 Å². The Morgan fingerprint density at radius 2 is 1.81 bits per heavy atom. The summed E-state index contributed by atoms with van der Waals surface area (Å²) in [7, 11) is 0. The Hall–Kier alpha value is -1.27. The zero-order chi connectivity index (χ0) is 15.2. The smallest absolute Gasteiger partial charge is 0.119 e. The van der Waals surface area contributed by atoms with Gasteiger partial charge in [0, 0.05) is 15.8 Å². The SMILES string of the molecule is Cc1cc(C)cc(OCC(O)CNc2ccccc2I)c1. The zero-order valence-corrected chi connectivity index (χ0v) is 14.4. The molecule has 0 saturated heterocycles. The Bertz CT molecular complexity index is 581. The summed E-state index contributed by atoms with van der Waals surface area (Å²) < 4.78 is 6.79. The molecule has 4 heteroatoms. The lowest BCUT2D eigenvalue weighted by Gasteiger charge is -2.15. The third kappa shape index (κ3) is 5.21. The topological polar surface area (TPSA) is 41.5 Å². The first kappa shape index (κ1) is 16.1. The number of para-hydroxylation sites is 1. The normalized spacial score (nSPS) is 12.0. The molecule has 0 aliphatic heterocycles. The average molecular weight is 397 g/mol. The van der Waals surface area contributed by atoms with E-state index in [-0.39, 0.29) is 6.61 Å². The first-order chi connectivity index (χ1) is 10.0. The molecule has 2 rings (SSSR count). The lowest BCUT2D eigenvalue weighted by Crippen LogP contribution is -2.26. The van der Waals surface area contributed by atoms with Gasteiger partial charge >= 0.3 is 0 Å². The van der Waals surface area contributed by atoms with Crippen LogP contribution in [0.5, 0.6) is 5.75 Å². The first-order valence-electron chi connectivity index (χ1n) is 6.92. The molecule has 0 saturated carbocycles. The highest BCUT2D eigenvalue weighted by molar-refractivity contribution is 14.1. The fraction of sp³-hybridized carbons (Fsp3) is 0.294. The predicted molar refractivity (Wildman–Crippen MR) is 95.1 cm³/mol. The van der Waals surface area contributed by atoms with E-state index in [1.54, 1.807) is 0 Å². The number of anilines is 1. The van der Waals surface area contributed by atoms with Gasteiger partial charge in [0.2, 0.25) is 0 Å². The van der Waals surface area contributed by atoms with E-state index in [0.717, 1.165) is 26.1 Å². The van der Waals surface area contributed by atoms with E-state index < -0.39 is 6.10 Å². The number of halogens is 1. The molecule has 0 spiro atoms. The zero-order valence-electron chi connectivity index (χ0n) is 12.3. The van der Waals surface area contributed by atoms with Gasteiger partial charge in [0.1, 0.15) is 18.5 Å². The van der Waals surface area contributed by atoms with Crippen LogP contribution < -0.4 is 10.1 Å². The number of benzene rings is 2. The quantitative estimate of drug-likeness (QED) is 0.730. The summed E-state index contributed by atoms with van der Waals surface area (Å²) in [5, 5.41) is 13.2. The van der Waals surface area contributed by atoms with Gasteiger partial charge in [-0.3, -0.25) is 0 Å². The van der Waals surface area contributed by atoms with Crippen molar-refractivity contribution in [2.75, 3.05) is 18.5 Å². The van der Waals surface area contributed by atoms with Crippen molar-refractivity contribution in [3.63, 3.8) is 0 Å². The minimum atomic E-state index is -0.554. The summed E-state index contributed by atoms with van der Waals surface area (Å²) >= 11 is 2.27. The van der Waals surface area contributed by atoms with Gasteiger partial charge in [0.25, 0.3) is 0 Å². The highest BCUT2D eigenvalue weighted by Crippen LogP contribution is 2.18. The summed E-state index contributed by atoms with van der Waals surface area (Å²) in [5.74, 6) is 0.806. The van der Waals surface area contributed by atoms with E-state index >= 15 is 0 Å². The Labute approximate surface area is 139 Å². The highest BCUT2D eigenvalue weighted by atomic mass is 127. The van der Waals surface area contributed by atoms with Gasteiger partial charge in [0.15, 0.2) is 0 Å². The number of aryl methyl sites for hydroxylation is 2. The summed E-state index contributed by atoms with van der Waals surface area (Å²) in [6.07, 6.45) is -0.554. The van der Waals surface area contributed by atoms with Gasteiger partial charge in [-0.15, -0.1) is 0 Å². The first-order valence-corrected chi connectivity index (χ1v) is 8.00. The van der Waals surface area contributed by atoms with E-state index in [1.165, 1.54) is 0 Å². The van der Waals surface area contributed by atoms with E-state index in [4.69, 9.17) is 4.74 Å². The molecule has 2 aromatic rings. The molecule has 2 aromatic carbocycles. The molecule has 0 aliphatic carbocycles. The molecule has 3 nitrogen and oxygen atoms in total. The van der Waals surface area contributed by atoms with E-state index in [0.29, 0.717) is 6.54 Å². The number of rotatable bonds is 6. The third-order valence-corrected chi connectivity index (χ3v) is 3.98. The lowest BCUT2D eigenvalue weighted by atomic mass is 10.1. The average Bonchev–Trinajstić information content (AvgIpc) is 2.43. The molecule has 112 valence electrons. The molecule has 21 heavy (non-hydrogen) atoms. The highest BCUT2D eigenvalue weighted by Gasteiger charge is 2.07. The van der Waals surface area contributed by atoms with Gasteiger partial charge in [-0.25, -0.2) is 0 Å². The maximum atomic E-state index is 10.0. The number of hydrogen-bond acceptors (Lipinski definition) is 3. The fourth-order valence-corrected chi connectivity index (χ4v) is 2.68. The Morgan fingerprint density at radius 1 is 1.14 bits per heavy atom. The summed E-state index contributed by atoms with van der Waals surface area (Å²) in [6, 6.07) is 14.1. The Kier molecular flexibility index (Phi) is 5.87. The van der Waals surface area contributed by atoms with Crippen LogP contribution in [-0.2, 0) is 0 Å². The molecule has 0 bridgehead atoms. The van der Waals surface area contributed by atoms with Crippen molar-refractivity contribution >= 4 is 28.3 Å². The van der Waals surface area contributed by atoms with E-state index in [1.807, 2.05) is 50.2 Å². The van der Waals surface area contributed by atoms with Gasteiger partial charge in [0.05, 0.1) is 0 Å². The van der Waals surface area contributed by atoms with E-state index in [2.05, 4.69) is 34.0 Å². The molecule has 2 N–H and O–H groups in total. The molecule has 0 heterocycles. The Morgan fingerprint density at radius 3 is 2.48 bits per heavy atom. The molecular formula is C17H20INO2. The molecule has 0 radical (unpaired) electrons. The molecular weight excluding hydrogens is 377 g/mol. The summed E-state index contributed by atoms with van der Waals surface area (Å²) in [5.41, 5.74) is 3.36. The van der Waals surface area contributed by atoms with Crippen LogP contribution in [0.2, 0.25) is 0 Å². The van der Waals surface area contributed by atoms with Crippen LogP contribution in [0.3, 0.4) is 0 Å². The maximum Gasteiger partial charge on any atom is 0.119 e. The van der Waals surface area contributed by atoms with Crippen molar-refractivity contribution < 1.29 is 9.84 Å². The van der Waals surface area contributed by atoms with E-state index in [9.17, 15) is 5.11 Å². The van der Waals surface area contributed by atoms with Gasteiger partial charge in [-0.2, -0.15) is 0 Å². The second kappa shape index (κ2) is 7.66.